The lowest BCUT2D eigenvalue weighted by atomic mass is 9.94. The molecule has 0 spiro atoms. The predicted molar refractivity (Wildman–Crippen MR) is 73.4 cm³/mol. The summed E-state index contributed by atoms with van der Waals surface area (Å²) in [5.74, 6) is 0.910. The summed E-state index contributed by atoms with van der Waals surface area (Å²) < 4.78 is 1.45. The van der Waals surface area contributed by atoms with Gasteiger partial charge in [0.1, 0.15) is 0 Å². The first-order chi connectivity index (χ1) is 7.24. The van der Waals surface area contributed by atoms with Crippen molar-refractivity contribution in [2.75, 3.05) is 0 Å². The molecular weight excluding hydrogens is 317 g/mol. The Hall–Kier alpha value is 0.390. The number of nitrogens with one attached hydrogen (secondary N) is 1. The Bertz CT molecular complexity index is 374. The lowest BCUT2D eigenvalue weighted by molar-refractivity contribution is 0.452. The van der Waals surface area contributed by atoms with E-state index in [4.69, 9.17) is 0 Å². The summed E-state index contributed by atoms with van der Waals surface area (Å²) in [6, 6.07) is 3.85. The summed E-state index contributed by atoms with van der Waals surface area (Å²) in [6.07, 6.45) is 5.39. The van der Waals surface area contributed by atoms with Crippen molar-refractivity contribution in [2.24, 2.45) is 5.92 Å². The molecule has 1 fully saturated rings. The standard InChI is InChI=1S/C12H16INS/c1-7-5-10(7)14-9-3-2-4-11-8(9)6-12(13)15-11/h6-7,9-10,14H,2-5H2,1H3. The maximum atomic E-state index is 3.82. The minimum atomic E-state index is 0.656. The maximum Gasteiger partial charge on any atom is 0.0659 e. The van der Waals surface area contributed by atoms with Gasteiger partial charge in [0.2, 0.25) is 0 Å². The van der Waals surface area contributed by atoms with E-state index < -0.39 is 0 Å². The monoisotopic (exact) mass is 333 g/mol. The molecule has 3 atom stereocenters. The van der Waals surface area contributed by atoms with E-state index in [9.17, 15) is 0 Å². The molecule has 3 unspecified atom stereocenters. The molecule has 15 heavy (non-hydrogen) atoms. The molecule has 3 heteroatoms. The maximum absolute atomic E-state index is 3.82. The molecule has 3 rings (SSSR count). The fourth-order valence-electron chi connectivity index (χ4n) is 2.51. The normalized spacial score (nSPS) is 33.9. The van der Waals surface area contributed by atoms with Crippen LogP contribution >= 0.6 is 33.9 Å². The minimum absolute atomic E-state index is 0.656. The minimum Gasteiger partial charge on any atom is -0.307 e. The van der Waals surface area contributed by atoms with Gasteiger partial charge < -0.3 is 5.32 Å². The first kappa shape index (κ1) is 10.5. The molecule has 0 amide bonds. The second-order valence-corrected chi connectivity index (χ2v) is 7.89. The molecule has 82 valence electrons. The molecule has 0 aliphatic heterocycles. The van der Waals surface area contributed by atoms with Gasteiger partial charge in [-0.1, -0.05) is 6.92 Å². The molecule has 1 aromatic heterocycles. The summed E-state index contributed by atoms with van der Waals surface area (Å²) >= 11 is 4.44. The average Bonchev–Trinajstić information content (AvgIpc) is 2.74. The summed E-state index contributed by atoms with van der Waals surface area (Å²) in [4.78, 5) is 1.64. The fraction of sp³-hybridized carbons (Fsp3) is 0.667. The Balaban J connectivity index is 1.79. The highest BCUT2D eigenvalue weighted by Gasteiger charge is 2.35. The molecule has 1 aromatic rings. The SMILES string of the molecule is CC1CC1NC1CCCc2sc(I)cc21. The van der Waals surface area contributed by atoms with Gasteiger partial charge >= 0.3 is 0 Å². The van der Waals surface area contributed by atoms with Gasteiger partial charge in [0, 0.05) is 17.0 Å². The van der Waals surface area contributed by atoms with Crippen LogP contribution in [0.15, 0.2) is 6.07 Å². The van der Waals surface area contributed by atoms with Crippen LogP contribution in [0, 0.1) is 8.80 Å². The largest absolute Gasteiger partial charge is 0.307 e. The second kappa shape index (κ2) is 4.00. The van der Waals surface area contributed by atoms with E-state index in [2.05, 4.69) is 40.9 Å². The summed E-state index contributed by atoms with van der Waals surface area (Å²) in [6.45, 7) is 2.35. The first-order valence-corrected chi connectivity index (χ1v) is 7.67. The van der Waals surface area contributed by atoms with Crippen LogP contribution in [0.25, 0.3) is 0 Å². The van der Waals surface area contributed by atoms with Crippen LogP contribution in [0.2, 0.25) is 0 Å². The highest BCUT2D eigenvalue weighted by Crippen LogP contribution is 2.39. The smallest absolute Gasteiger partial charge is 0.0659 e. The first-order valence-electron chi connectivity index (χ1n) is 5.78. The van der Waals surface area contributed by atoms with Crippen molar-refractivity contribution >= 4 is 33.9 Å². The molecule has 1 nitrogen and oxygen atoms in total. The van der Waals surface area contributed by atoms with Crippen LogP contribution in [0.5, 0.6) is 0 Å². The molecule has 2 aliphatic carbocycles. The molecule has 1 heterocycles. The molecule has 2 aliphatic rings. The van der Waals surface area contributed by atoms with Gasteiger partial charge in [0.25, 0.3) is 0 Å². The van der Waals surface area contributed by atoms with Crippen molar-refractivity contribution < 1.29 is 0 Å². The summed E-state index contributed by atoms with van der Waals surface area (Å²) in [7, 11) is 0. The van der Waals surface area contributed by atoms with Gasteiger partial charge in [-0.25, -0.2) is 0 Å². The van der Waals surface area contributed by atoms with Crippen molar-refractivity contribution in [2.45, 2.75) is 44.7 Å². The van der Waals surface area contributed by atoms with Crippen LogP contribution in [0.1, 0.15) is 42.7 Å². The molecule has 0 saturated heterocycles. The van der Waals surface area contributed by atoms with Crippen LogP contribution in [0.3, 0.4) is 0 Å². The number of halogens is 1. The van der Waals surface area contributed by atoms with Gasteiger partial charge in [-0.15, -0.1) is 11.3 Å². The highest BCUT2D eigenvalue weighted by molar-refractivity contribution is 14.1. The number of aryl methyl sites for hydroxylation is 1. The Morgan fingerprint density at radius 1 is 1.53 bits per heavy atom. The number of thiophene rings is 1. The number of fused-ring (bicyclic) bond motifs is 1. The summed E-state index contributed by atoms with van der Waals surface area (Å²) in [5, 5.41) is 3.82. The number of hydrogen-bond donors (Lipinski definition) is 1. The van der Waals surface area contributed by atoms with E-state index in [1.807, 2.05) is 11.3 Å². The van der Waals surface area contributed by atoms with Gasteiger partial charge in [0.15, 0.2) is 0 Å². The number of rotatable bonds is 2. The Labute approximate surface area is 109 Å². The zero-order valence-corrected chi connectivity index (χ0v) is 11.9. The van der Waals surface area contributed by atoms with E-state index in [0.717, 1.165) is 12.0 Å². The quantitative estimate of drug-likeness (QED) is 0.814. The Morgan fingerprint density at radius 2 is 2.33 bits per heavy atom. The van der Waals surface area contributed by atoms with Crippen LogP contribution in [-0.4, -0.2) is 6.04 Å². The molecule has 0 aromatic carbocycles. The van der Waals surface area contributed by atoms with E-state index in [-0.39, 0.29) is 0 Å². The average molecular weight is 333 g/mol. The molecule has 0 radical (unpaired) electrons. The third-order valence-electron chi connectivity index (χ3n) is 3.61. The lowest BCUT2D eigenvalue weighted by Gasteiger charge is -2.23. The zero-order valence-electron chi connectivity index (χ0n) is 8.92. The number of hydrogen-bond acceptors (Lipinski definition) is 2. The Kier molecular flexibility index (Phi) is 2.81. The topological polar surface area (TPSA) is 12.0 Å². The van der Waals surface area contributed by atoms with E-state index in [1.54, 1.807) is 10.4 Å². The Morgan fingerprint density at radius 3 is 3.07 bits per heavy atom. The highest BCUT2D eigenvalue weighted by atomic mass is 127. The third kappa shape index (κ3) is 2.11. The molecular formula is C12H16INS. The van der Waals surface area contributed by atoms with Crippen LogP contribution in [0.4, 0.5) is 0 Å². The van der Waals surface area contributed by atoms with Crippen molar-refractivity contribution in [1.82, 2.24) is 5.32 Å². The lowest BCUT2D eigenvalue weighted by Crippen LogP contribution is -2.26. The van der Waals surface area contributed by atoms with Crippen molar-refractivity contribution in [3.05, 3.63) is 19.4 Å². The molecule has 1 saturated carbocycles. The predicted octanol–water partition coefficient (Wildman–Crippen LogP) is 3.73. The summed E-state index contributed by atoms with van der Waals surface area (Å²) in [5.41, 5.74) is 1.61. The van der Waals surface area contributed by atoms with E-state index >= 15 is 0 Å². The second-order valence-electron chi connectivity index (χ2n) is 4.86. The fourth-order valence-corrected chi connectivity index (χ4v) is 4.63. The van der Waals surface area contributed by atoms with Crippen molar-refractivity contribution in [3.8, 4) is 0 Å². The van der Waals surface area contributed by atoms with Crippen molar-refractivity contribution in [1.29, 1.82) is 0 Å². The van der Waals surface area contributed by atoms with Gasteiger partial charge in [-0.2, -0.15) is 0 Å². The van der Waals surface area contributed by atoms with Crippen molar-refractivity contribution in [3.63, 3.8) is 0 Å². The molecule has 0 bridgehead atoms. The van der Waals surface area contributed by atoms with E-state index in [1.165, 1.54) is 28.6 Å². The van der Waals surface area contributed by atoms with Gasteiger partial charge in [0.05, 0.1) is 2.88 Å². The van der Waals surface area contributed by atoms with E-state index in [0.29, 0.717) is 6.04 Å². The third-order valence-corrected chi connectivity index (χ3v) is 5.58. The zero-order chi connectivity index (χ0) is 10.4. The van der Waals surface area contributed by atoms with Gasteiger partial charge in [-0.3, -0.25) is 0 Å². The van der Waals surface area contributed by atoms with Crippen LogP contribution in [-0.2, 0) is 6.42 Å². The molecule has 1 N–H and O–H groups in total. The van der Waals surface area contributed by atoms with Crippen LogP contribution < -0.4 is 5.32 Å². The van der Waals surface area contributed by atoms with Gasteiger partial charge in [-0.05, 0) is 65.8 Å².